The topological polar surface area (TPSA) is 0 Å². The maximum atomic E-state index is 2.43. The molecule has 0 aromatic heterocycles. The maximum absolute atomic E-state index is 2.43. The van der Waals surface area contributed by atoms with Crippen LogP contribution in [-0.2, 0) is 5.54 Å². The van der Waals surface area contributed by atoms with Gasteiger partial charge in [0.1, 0.15) is 5.54 Å². The van der Waals surface area contributed by atoms with E-state index in [0.717, 1.165) is 10.4 Å². The van der Waals surface area contributed by atoms with Crippen LogP contribution in [0.3, 0.4) is 0 Å². The first-order chi connectivity index (χ1) is 8.48. The summed E-state index contributed by atoms with van der Waals surface area (Å²) >= 11 is 0. The van der Waals surface area contributed by atoms with E-state index in [1.54, 1.807) is 5.56 Å². The molecule has 1 aromatic carbocycles. The van der Waals surface area contributed by atoms with Crippen molar-refractivity contribution in [3.05, 3.63) is 35.9 Å². The predicted octanol–water partition coefficient (Wildman–Crippen LogP) is 4.61. The van der Waals surface area contributed by atoms with E-state index in [-0.39, 0.29) is 12.4 Å². The summed E-state index contributed by atoms with van der Waals surface area (Å²) in [5.74, 6) is 0.801. The Labute approximate surface area is 125 Å². The van der Waals surface area contributed by atoms with Crippen molar-refractivity contribution in [2.24, 2.45) is 5.92 Å². The first-order valence-electron chi connectivity index (χ1n) is 7.37. The van der Waals surface area contributed by atoms with E-state index in [0.29, 0.717) is 5.54 Å². The van der Waals surface area contributed by atoms with Gasteiger partial charge in [-0.15, -0.1) is 12.4 Å². The van der Waals surface area contributed by atoms with E-state index < -0.39 is 0 Å². The summed E-state index contributed by atoms with van der Waals surface area (Å²) in [6.45, 7) is 5.94. The third-order valence-electron chi connectivity index (χ3n) is 4.92. The van der Waals surface area contributed by atoms with Crippen LogP contribution < -0.4 is 0 Å². The molecule has 1 saturated carbocycles. The summed E-state index contributed by atoms with van der Waals surface area (Å²) in [6.07, 6.45) is 5.41. The lowest BCUT2D eigenvalue weighted by Gasteiger charge is -2.54. The molecule has 2 heteroatoms. The Hall–Kier alpha value is -0.530. The Morgan fingerprint density at radius 3 is 2.11 bits per heavy atom. The van der Waals surface area contributed by atoms with Crippen LogP contribution in [0.4, 0.5) is 0 Å². The van der Waals surface area contributed by atoms with Crippen LogP contribution in [0, 0.1) is 5.92 Å². The van der Waals surface area contributed by atoms with E-state index >= 15 is 0 Å². The fraction of sp³-hybridized carbons (Fsp3) is 0.647. The number of nitrogens with zero attached hydrogens (tertiary/aromatic N) is 1. The molecular formula is C17H29ClN+. The SMILES string of the molecule is CC(C)CC[N+](C)(C)C1(c2ccccc2)CCC1.Cl. The molecule has 0 amide bonds. The monoisotopic (exact) mass is 282 g/mol. The summed E-state index contributed by atoms with van der Waals surface area (Å²) in [5.41, 5.74) is 1.93. The number of rotatable bonds is 5. The van der Waals surface area contributed by atoms with Crippen LogP contribution in [0.25, 0.3) is 0 Å². The normalized spacial score (nSPS) is 17.7. The van der Waals surface area contributed by atoms with E-state index in [1.807, 2.05) is 0 Å². The Bertz CT molecular complexity index is 380. The first kappa shape index (κ1) is 16.5. The van der Waals surface area contributed by atoms with Gasteiger partial charge >= 0.3 is 0 Å². The maximum Gasteiger partial charge on any atom is 0.124 e. The molecule has 0 aliphatic heterocycles. The molecule has 2 rings (SSSR count). The summed E-state index contributed by atoms with van der Waals surface area (Å²) in [5, 5.41) is 0. The van der Waals surface area contributed by atoms with Gasteiger partial charge in [-0.05, 0) is 18.8 Å². The molecule has 1 fully saturated rings. The van der Waals surface area contributed by atoms with Crippen molar-refractivity contribution in [1.82, 2.24) is 0 Å². The van der Waals surface area contributed by atoms with E-state index in [4.69, 9.17) is 0 Å². The first-order valence-corrected chi connectivity index (χ1v) is 7.37. The Morgan fingerprint density at radius 1 is 1.11 bits per heavy atom. The fourth-order valence-electron chi connectivity index (χ4n) is 3.30. The quantitative estimate of drug-likeness (QED) is 0.692. The molecule has 19 heavy (non-hydrogen) atoms. The second-order valence-corrected chi connectivity index (χ2v) is 6.84. The highest BCUT2D eigenvalue weighted by Crippen LogP contribution is 2.49. The molecule has 0 spiro atoms. The molecular weight excluding hydrogens is 254 g/mol. The highest BCUT2D eigenvalue weighted by atomic mass is 35.5. The number of benzene rings is 1. The lowest BCUT2D eigenvalue weighted by Crippen LogP contribution is -2.61. The van der Waals surface area contributed by atoms with Gasteiger partial charge in [0, 0.05) is 18.4 Å². The summed E-state index contributed by atoms with van der Waals surface area (Å²) in [4.78, 5) is 0. The highest BCUT2D eigenvalue weighted by molar-refractivity contribution is 5.85. The Morgan fingerprint density at radius 2 is 1.68 bits per heavy atom. The van der Waals surface area contributed by atoms with Crippen LogP contribution in [0.5, 0.6) is 0 Å². The molecule has 0 atom stereocenters. The second kappa shape index (κ2) is 6.28. The van der Waals surface area contributed by atoms with Gasteiger partial charge in [-0.1, -0.05) is 44.2 Å². The zero-order valence-corrected chi connectivity index (χ0v) is 13.7. The molecule has 0 radical (unpaired) electrons. The molecule has 0 saturated heterocycles. The molecule has 1 nitrogen and oxygen atoms in total. The van der Waals surface area contributed by atoms with Crippen LogP contribution in [-0.4, -0.2) is 25.1 Å². The van der Waals surface area contributed by atoms with Crippen molar-refractivity contribution in [3.8, 4) is 0 Å². The molecule has 108 valence electrons. The molecule has 1 aliphatic carbocycles. The average Bonchev–Trinajstić information content (AvgIpc) is 2.26. The van der Waals surface area contributed by atoms with Gasteiger partial charge in [-0.3, -0.25) is 0 Å². The molecule has 0 N–H and O–H groups in total. The van der Waals surface area contributed by atoms with Crippen molar-refractivity contribution < 1.29 is 4.48 Å². The average molecular weight is 283 g/mol. The minimum absolute atomic E-state index is 0. The lowest BCUT2D eigenvalue weighted by molar-refractivity contribution is -0.957. The van der Waals surface area contributed by atoms with Crippen LogP contribution in [0.15, 0.2) is 30.3 Å². The molecule has 0 heterocycles. The summed E-state index contributed by atoms with van der Waals surface area (Å²) < 4.78 is 1.15. The van der Waals surface area contributed by atoms with Crippen molar-refractivity contribution in [2.45, 2.75) is 45.1 Å². The smallest absolute Gasteiger partial charge is 0.124 e. The second-order valence-electron chi connectivity index (χ2n) is 6.84. The Kier molecular flexibility index (Phi) is 5.46. The zero-order chi connectivity index (χ0) is 13.2. The van der Waals surface area contributed by atoms with Crippen LogP contribution in [0.2, 0.25) is 0 Å². The summed E-state index contributed by atoms with van der Waals surface area (Å²) in [7, 11) is 4.85. The zero-order valence-electron chi connectivity index (χ0n) is 12.9. The number of halogens is 1. The number of hydrogen-bond donors (Lipinski definition) is 0. The van der Waals surface area contributed by atoms with Gasteiger partial charge in [-0.2, -0.15) is 0 Å². The van der Waals surface area contributed by atoms with Gasteiger partial charge in [0.15, 0.2) is 0 Å². The van der Waals surface area contributed by atoms with Gasteiger partial charge < -0.3 is 4.48 Å². The van der Waals surface area contributed by atoms with Crippen molar-refractivity contribution in [3.63, 3.8) is 0 Å². The van der Waals surface area contributed by atoms with Crippen molar-refractivity contribution in [1.29, 1.82) is 0 Å². The minimum Gasteiger partial charge on any atom is -0.320 e. The van der Waals surface area contributed by atoms with Crippen molar-refractivity contribution >= 4 is 12.4 Å². The molecule has 0 bridgehead atoms. The van der Waals surface area contributed by atoms with Gasteiger partial charge in [0.05, 0.1) is 20.6 Å². The lowest BCUT2D eigenvalue weighted by atomic mass is 9.69. The van der Waals surface area contributed by atoms with E-state index in [2.05, 4.69) is 58.3 Å². The van der Waals surface area contributed by atoms with Crippen LogP contribution >= 0.6 is 12.4 Å². The minimum atomic E-state index is 0. The van der Waals surface area contributed by atoms with Gasteiger partial charge in [0.25, 0.3) is 0 Å². The molecule has 1 aromatic rings. The standard InChI is InChI=1S/C17H28N.ClH/c1-15(2)11-14-18(3,4)17(12-8-13-17)16-9-6-5-7-10-16;/h5-7,9-10,15H,8,11-14H2,1-4H3;1H/q+1;. The Balaban J connectivity index is 0.00000180. The van der Waals surface area contributed by atoms with Crippen molar-refractivity contribution in [2.75, 3.05) is 20.6 Å². The molecule has 1 aliphatic rings. The van der Waals surface area contributed by atoms with E-state index in [1.165, 1.54) is 32.2 Å². The van der Waals surface area contributed by atoms with Gasteiger partial charge in [-0.25, -0.2) is 0 Å². The van der Waals surface area contributed by atoms with Crippen LogP contribution in [0.1, 0.15) is 45.1 Å². The predicted molar refractivity (Wildman–Crippen MR) is 85.6 cm³/mol. The fourth-order valence-corrected chi connectivity index (χ4v) is 3.30. The van der Waals surface area contributed by atoms with Gasteiger partial charge in [0.2, 0.25) is 0 Å². The summed E-state index contributed by atoms with van der Waals surface area (Å²) in [6, 6.07) is 11.2. The largest absolute Gasteiger partial charge is 0.320 e. The third kappa shape index (κ3) is 3.14. The van der Waals surface area contributed by atoms with E-state index in [9.17, 15) is 0 Å². The third-order valence-corrected chi connectivity index (χ3v) is 4.92. The molecule has 0 unspecified atom stereocenters. The number of hydrogen-bond acceptors (Lipinski definition) is 0. The number of quaternary nitrogens is 1. The highest BCUT2D eigenvalue weighted by Gasteiger charge is 2.51.